The van der Waals surface area contributed by atoms with E-state index in [-0.39, 0.29) is 0 Å². The second-order valence-corrected chi connectivity index (χ2v) is 12.2. The van der Waals surface area contributed by atoms with Crippen LogP contribution in [-0.2, 0) is 0 Å². The minimum absolute atomic E-state index is 0.579. The second-order valence-electron chi connectivity index (χ2n) is 12.2. The Balaban J connectivity index is 1.42. The third-order valence-electron chi connectivity index (χ3n) is 9.62. The highest BCUT2D eigenvalue weighted by molar-refractivity contribution is 6.12. The van der Waals surface area contributed by atoms with Crippen molar-refractivity contribution in [2.24, 2.45) is 0 Å². The van der Waals surface area contributed by atoms with E-state index in [0.29, 0.717) is 16.8 Å². The van der Waals surface area contributed by atoms with Crippen LogP contribution in [0.4, 0.5) is 5.69 Å². The lowest BCUT2D eigenvalue weighted by Crippen LogP contribution is -2.02. The van der Waals surface area contributed by atoms with E-state index < -0.39 is 0 Å². The third-order valence-corrected chi connectivity index (χ3v) is 9.62. The average Bonchev–Trinajstić information content (AvgIpc) is 3.69. The van der Waals surface area contributed by atoms with Gasteiger partial charge >= 0.3 is 0 Å². The third kappa shape index (κ3) is 4.24. The van der Waals surface area contributed by atoms with Crippen LogP contribution in [0.1, 0.15) is 11.1 Å². The van der Waals surface area contributed by atoms with Crippen molar-refractivity contribution in [3.63, 3.8) is 0 Å². The number of hydrogen-bond acceptors (Lipinski definition) is 2. The van der Waals surface area contributed by atoms with Crippen LogP contribution in [0.15, 0.2) is 152 Å². The van der Waals surface area contributed by atoms with E-state index in [4.69, 9.17) is 6.57 Å². The van der Waals surface area contributed by atoms with Crippen LogP contribution in [0.5, 0.6) is 0 Å². The summed E-state index contributed by atoms with van der Waals surface area (Å²) in [4.78, 5) is 3.72. The summed E-state index contributed by atoms with van der Waals surface area (Å²) in [5.74, 6) is 0. The first-order valence-corrected chi connectivity index (χ1v) is 16.3. The fraction of sp³-hybridized carbons (Fsp3) is 0. The number of benzene rings is 7. The molecule has 0 saturated carbocycles. The van der Waals surface area contributed by atoms with Crippen LogP contribution in [-0.4, -0.2) is 9.13 Å². The quantitative estimate of drug-likeness (QED) is 0.181. The number of hydrogen-bond donors (Lipinski definition) is 0. The zero-order chi connectivity index (χ0) is 33.8. The van der Waals surface area contributed by atoms with Crippen LogP contribution in [0.25, 0.3) is 82.1 Å². The van der Waals surface area contributed by atoms with Crippen molar-refractivity contribution >= 4 is 49.3 Å². The van der Waals surface area contributed by atoms with Gasteiger partial charge in [0.05, 0.1) is 63.3 Å². The Morgan fingerprint density at radius 1 is 0.460 bits per heavy atom. The summed E-state index contributed by atoms with van der Waals surface area (Å²) in [6, 6.07) is 55.6. The van der Waals surface area contributed by atoms with Gasteiger partial charge in [-0.3, -0.25) is 0 Å². The van der Waals surface area contributed by atoms with Crippen molar-refractivity contribution in [3.8, 4) is 45.8 Å². The smallest absolute Gasteiger partial charge is 0.188 e. The molecule has 2 aromatic heterocycles. The number of aromatic nitrogens is 2. The molecule has 0 spiro atoms. The SMILES string of the molecule is [C-]#[N+]c1ccc2c(c1)c1ccccc1n2-c1cccc(-c2ccccc2-n2c3ccccc3c3cc(C#N)ccc32)c1-c1ccccc1C#N. The predicted molar refractivity (Wildman–Crippen MR) is 202 cm³/mol. The van der Waals surface area contributed by atoms with Gasteiger partial charge in [-0.05, 0) is 71.6 Å². The fourth-order valence-corrected chi connectivity index (χ4v) is 7.52. The van der Waals surface area contributed by atoms with Gasteiger partial charge in [-0.25, -0.2) is 4.85 Å². The van der Waals surface area contributed by atoms with Crippen LogP contribution in [0.3, 0.4) is 0 Å². The van der Waals surface area contributed by atoms with Crippen LogP contribution < -0.4 is 0 Å². The normalized spacial score (nSPS) is 11.1. The fourth-order valence-electron chi connectivity index (χ4n) is 7.52. The molecule has 0 bridgehead atoms. The largest absolute Gasteiger partial charge is 0.309 e. The van der Waals surface area contributed by atoms with Gasteiger partial charge in [-0.15, -0.1) is 0 Å². The molecule has 0 radical (unpaired) electrons. The van der Waals surface area contributed by atoms with E-state index >= 15 is 0 Å². The summed E-state index contributed by atoms with van der Waals surface area (Å²) in [5, 5.41) is 24.3. The van der Waals surface area contributed by atoms with E-state index in [2.05, 4.69) is 92.8 Å². The molecule has 0 aliphatic rings. The van der Waals surface area contributed by atoms with E-state index in [0.717, 1.165) is 77.2 Å². The van der Waals surface area contributed by atoms with Gasteiger partial charge in [0.15, 0.2) is 5.69 Å². The van der Waals surface area contributed by atoms with E-state index in [1.54, 1.807) is 0 Å². The molecule has 0 aliphatic heterocycles. The molecule has 0 aliphatic carbocycles. The molecule has 0 fully saturated rings. The van der Waals surface area contributed by atoms with Gasteiger partial charge in [0.1, 0.15) is 0 Å². The first kappa shape index (κ1) is 28.8. The minimum Gasteiger partial charge on any atom is -0.309 e. The van der Waals surface area contributed by atoms with Crippen molar-refractivity contribution < 1.29 is 0 Å². The van der Waals surface area contributed by atoms with Crippen molar-refractivity contribution in [2.45, 2.75) is 0 Å². The summed E-state index contributed by atoms with van der Waals surface area (Å²) in [5.41, 5.74) is 11.5. The number of para-hydroxylation sites is 3. The van der Waals surface area contributed by atoms with Gasteiger partial charge in [0.2, 0.25) is 0 Å². The Labute approximate surface area is 288 Å². The Hall–Kier alpha value is -7.39. The number of rotatable bonds is 4. The molecule has 7 aromatic carbocycles. The zero-order valence-corrected chi connectivity index (χ0v) is 26.7. The van der Waals surface area contributed by atoms with Gasteiger partial charge in [-0.1, -0.05) is 91.0 Å². The standard InChI is InChI=1S/C45H25N5/c1-48-31-22-24-43-38(26-31)35-15-6-9-19-41(35)50(43)44-20-10-16-36(45(44)32-12-3-2-11-30(32)28-47)33-13-4-7-17-39(33)49-40-18-8-5-14-34(40)37-25-29(27-46)21-23-42(37)49/h2-26H. The molecule has 230 valence electrons. The van der Waals surface area contributed by atoms with Crippen molar-refractivity contribution in [1.29, 1.82) is 10.5 Å². The summed E-state index contributed by atoms with van der Waals surface area (Å²) in [6.45, 7) is 7.68. The predicted octanol–water partition coefficient (Wildman–Crippen LogP) is 11.5. The molecule has 9 rings (SSSR count). The Morgan fingerprint density at radius 3 is 1.74 bits per heavy atom. The van der Waals surface area contributed by atoms with Crippen molar-refractivity contribution in [1.82, 2.24) is 9.13 Å². The topological polar surface area (TPSA) is 61.8 Å². The number of nitrogens with zero attached hydrogens (tertiary/aromatic N) is 5. The molecule has 0 N–H and O–H groups in total. The van der Waals surface area contributed by atoms with Crippen LogP contribution in [0, 0.1) is 29.2 Å². The first-order valence-electron chi connectivity index (χ1n) is 16.3. The van der Waals surface area contributed by atoms with Crippen LogP contribution >= 0.6 is 0 Å². The molecule has 5 nitrogen and oxygen atoms in total. The van der Waals surface area contributed by atoms with Gasteiger partial charge < -0.3 is 9.13 Å². The Bertz CT molecular complexity index is 2970. The maximum absolute atomic E-state index is 10.4. The van der Waals surface area contributed by atoms with Crippen LogP contribution in [0.2, 0.25) is 0 Å². The molecular formula is C45H25N5. The summed E-state index contributed by atoms with van der Waals surface area (Å²) < 4.78 is 4.54. The Morgan fingerprint density at radius 2 is 1.02 bits per heavy atom. The Kier molecular flexibility index (Phi) is 6.56. The maximum Gasteiger partial charge on any atom is 0.188 e. The highest BCUT2D eigenvalue weighted by Crippen LogP contribution is 2.45. The molecule has 0 amide bonds. The zero-order valence-electron chi connectivity index (χ0n) is 26.7. The lowest BCUT2D eigenvalue weighted by Gasteiger charge is -2.21. The van der Waals surface area contributed by atoms with Crippen molar-refractivity contribution in [2.75, 3.05) is 0 Å². The molecule has 50 heavy (non-hydrogen) atoms. The molecular weight excluding hydrogens is 611 g/mol. The van der Waals surface area contributed by atoms with Gasteiger partial charge in [0, 0.05) is 32.8 Å². The molecule has 0 atom stereocenters. The minimum atomic E-state index is 0.579. The monoisotopic (exact) mass is 635 g/mol. The molecule has 9 aromatic rings. The van der Waals surface area contributed by atoms with Gasteiger partial charge in [-0.2, -0.15) is 10.5 Å². The number of nitriles is 2. The lowest BCUT2D eigenvalue weighted by atomic mass is 9.89. The molecule has 0 unspecified atom stereocenters. The average molecular weight is 636 g/mol. The van der Waals surface area contributed by atoms with Gasteiger partial charge in [0.25, 0.3) is 0 Å². The first-order chi connectivity index (χ1) is 24.7. The molecule has 2 heterocycles. The maximum atomic E-state index is 10.4. The van der Waals surface area contributed by atoms with Crippen molar-refractivity contribution in [3.05, 3.63) is 174 Å². The highest BCUT2D eigenvalue weighted by atomic mass is 15.0. The lowest BCUT2D eigenvalue weighted by molar-refractivity contribution is 1.17. The summed E-state index contributed by atoms with van der Waals surface area (Å²) in [7, 11) is 0. The molecule has 5 heteroatoms. The molecule has 0 saturated heterocycles. The van der Waals surface area contributed by atoms with E-state index in [1.165, 1.54) is 0 Å². The highest BCUT2D eigenvalue weighted by Gasteiger charge is 2.23. The number of fused-ring (bicyclic) bond motifs is 6. The summed E-state index contributed by atoms with van der Waals surface area (Å²) >= 11 is 0. The van der Waals surface area contributed by atoms with E-state index in [1.807, 2.05) is 84.9 Å². The second kappa shape index (κ2) is 11.4. The summed E-state index contributed by atoms with van der Waals surface area (Å²) in [6.07, 6.45) is 0. The van der Waals surface area contributed by atoms with E-state index in [9.17, 15) is 10.5 Å².